The van der Waals surface area contributed by atoms with Crippen LogP contribution in [0.2, 0.25) is 5.02 Å². The molecule has 0 aliphatic heterocycles. The summed E-state index contributed by atoms with van der Waals surface area (Å²) in [7, 11) is 0. The first-order chi connectivity index (χ1) is 30.9. The van der Waals surface area contributed by atoms with E-state index in [-0.39, 0.29) is 89.9 Å². The molecule has 64 heavy (non-hydrogen) atoms. The molecule has 0 radical (unpaired) electrons. The number of ketones is 1. The lowest BCUT2D eigenvalue weighted by molar-refractivity contribution is 0.0525. The molecule has 0 atom stereocenters. The van der Waals surface area contributed by atoms with Gasteiger partial charge in [-0.3, -0.25) is 9.59 Å². The highest BCUT2D eigenvalue weighted by atomic mass is 35.5. The fourth-order valence-electron chi connectivity index (χ4n) is 7.53. The van der Waals surface area contributed by atoms with Crippen LogP contribution in [0.3, 0.4) is 0 Å². The lowest BCUT2D eigenvalue weighted by atomic mass is 9.81. The standard InChI is InChI=1S/C48H45ClN8O7/c1-5-63-44(62)40-37-31-13-6-7-14-32(31)42(60)38-35(26-36(41(39(37)38)53-43(40)61)64-30-19-17-27(18-20-30)48(2,3)4)50-28-11-10-12-29(25-28)51-45-54-46(52-34-16-9-8-15-33(34)49)56-47(55-45)57(21-23-58)22-24-59/h6-20,25-26,50,58-59H,5,21-24H2,1-4H3,(H,53,61)(H2,51,52,54,55,56). The van der Waals surface area contributed by atoms with Gasteiger partial charge in [-0.1, -0.05) is 87.0 Å². The lowest BCUT2D eigenvalue weighted by Crippen LogP contribution is -2.31. The molecule has 0 amide bonds. The van der Waals surface area contributed by atoms with Crippen LogP contribution in [0.4, 0.5) is 40.6 Å². The third-order valence-electron chi connectivity index (χ3n) is 10.5. The van der Waals surface area contributed by atoms with Crippen LogP contribution in [0.1, 0.15) is 59.5 Å². The van der Waals surface area contributed by atoms with Crippen molar-refractivity contribution in [3.8, 4) is 22.6 Å². The summed E-state index contributed by atoms with van der Waals surface area (Å²) in [5, 5.41) is 30.1. The molecule has 8 rings (SSSR count). The maximum absolute atomic E-state index is 14.7. The topological polar surface area (TPSA) is 204 Å². The second-order valence-corrected chi connectivity index (χ2v) is 16.3. The number of carbonyl (C=O) groups excluding carboxylic acids is 2. The zero-order valence-corrected chi connectivity index (χ0v) is 36.2. The Hall–Kier alpha value is -7.33. The number of aliphatic hydroxyl groups excluding tert-OH is 2. The molecule has 16 heteroatoms. The highest BCUT2D eigenvalue weighted by molar-refractivity contribution is 6.33. The third-order valence-corrected chi connectivity index (χ3v) is 10.8. The largest absolute Gasteiger partial charge is 0.462 e. The van der Waals surface area contributed by atoms with Crippen LogP contribution in [0, 0.1) is 0 Å². The van der Waals surface area contributed by atoms with Gasteiger partial charge in [0.1, 0.15) is 11.3 Å². The van der Waals surface area contributed by atoms with Gasteiger partial charge in [0.2, 0.25) is 17.8 Å². The van der Waals surface area contributed by atoms with Gasteiger partial charge in [0.05, 0.1) is 47.3 Å². The predicted octanol–water partition coefficient (Wildman–Crippen LogP) is 8.87. The van der Waals surface area contributed by atoms with Crippen molar-refractivity contribution < 1.29 is 29.3 Å². The first-order valence-electron chi connectivity index (χ1n) is 20.6. The normalized spacial score (nSPS) is 11.8. The van der Waals surface area contributed by atoms with Crippen molar-refractivity contribution in [2.75, 3.05) is 53.8 Å². The van der Waals surface area contributed by atoms with Gasteiger partial charge in [-0.05, 0) is 65.9 Å². The molecule has 2 aromatic heterocycles. The van der Waals surface area contributed by atoms with Crippen LogP contribution >= 0.6 is 11.6 Å². The number of esters is 1. The summed E-state index contributed by atoms with van der Waals surface area (Å²) < 4.78 is 11.9. The number of aromatic nitrogens is 4. The molecular formula is C48H45ClN8O7. The van der Waals surface area contributed by atoms with Crippen LogP contribution in [-0.4, -0.2) is 74.8 Å². The zero-order chi connectivity index (χ0) is 45.1. The minimum Gasteiger partial charge on any atom is -0.462 e. The third kappa shape index (κ3) is 8.81. The van der Waals surface area contributed by atoms with Gasteiger partial charge in [-0.2, -0.15) is 15.0 Å². The van der Waals surface area contributed by atoms with E-state index in [2.05, 4.69) is 56.7 Å². The molecule has 0 unspecified atom stereocenters. The van der Waals surface area contributed by atoms with Gasteiger partial charge in [0.15, 0.2) is 11.5 Å². The lowest BCUT2D eigenvalue weighted by Gasteiger charge is -2.25. The molecule has 7 aromatic rings. The van der Waals surface area contributed by atoms with E-state index < -0.39 is 11.5 Å². The number of H-pyrrole nitrogens is 1. The molecule has 0 spiro atoms. The summed E-state index contributed by atoms with van der Waals surface area (Å²) in [5.74, 6) is 0.0353. The van der Waals surface area contributed by atoms with E-state index in [0.717, 1.165) is 5.56 Å². The second-order valence-electron chi connectivity index (χ2n) is 15.9. The Morgan fingerprint density at radius 3 is 2.09 bits per heavy atom. The van der Waals surface area contributed by atoms with E-state index in [1.807, 2.05) is 30.3 Å². The van der Waals surface area contributed by atoms with E-state index in [4.69, 9.17) is 21.1 Å². The Morgan fingerprint density at radius 2 is 1.42 bits per heavy atom. The van der Waals surface area contributed by atoms with E-state index in [1.165, 1.54) is 0 Å². The fraction of sp³-hybridized carbons (Fsp3) is 0.208. The van der Waals surface area contributed by atoms with Gasteiger partial charge in [0, 0.05) is 47.0 Å². The molecule has 326 valence electrons. The van der Waals surface area contributed by atoms with Crippen molar-refractivity contribution >= 4 is 74.9 Å². The number of hydrogen-bond donors (Lipinski definition) is 6. The number of hydrogen-bond acceptors (Lipinski definition) is 14. The van der Waals surface area contributed by atoms with E-state index in [1.54, 1.807) is 84.6 Å². The number of benzene rings is 5. The quantitative estimate of drug-likeness (QED) is 0.0533. The number of rotatable bonds is 15. The Labute approximate surface area is 373 Å². The SMILES string of the molecule is CCOC(=O)c1c2c3c(c(Nc4cccc(Nc5nc(Nc6ccccc6Cl)nc(N(CCO)CCO)n5)c4)cc(Oc4ccc(C(C)(C)C)cc4)c3[nH]c1=O)C(=O)c1ccccc1-2. The summed E-state index contributed by atoms with van der Waals surface area (Å²) in [6.45, 7) is 7.91. The van der Waals surface area contributed by atoms with Crippen molar-refractivity contribution in [1.29, 1.82) is 0 Å². The average molecular weight is 881 g/mol. The number of anilines is 7. The predicted molar refractivity (Wildman–Crippen MR) is 249 cm³/mol. The Kier molecular flexibility index (Phi) is 12.3. The van der Waals surface area contributed by atoms with Gasteiger partial charge in [-0.25, -0.2) is 4.79 Å². The molecule has 2 heterocycles. The first-order valence-corrected chi connectivity index (χ1v) is 21.0. The number of aliphatic hydroxyl groups is 2. The molecule has 1 aliphatic carbocycles. The van der Waals surface area contributed by atoms with E-state index >= 15 is 0 Å². The molecule has 0 saturated carbocycles. The Balaban J connectivity index is 1.25. The number of nitrogens with one attached hydrogen (secondary N) is 4. The number of pyridine rings is 1. The average Bonchev–Trinajstić information content (AvgIpc) is 3.26. The van der Waals surface area contributed by atoms with Crippen LogP contribution < -0.4 is 31.1 Å². The maximum Gasteiger partial charge on any atom is 0.344 e. The number of nitrogens with zero attached hydrogens (tertiary/aromatic N) is 4. The number of carbonyl (C=O) groups is 2. The van der Waals surface area contributed by atoms with Gasteiger partial charge >= 0.3 is 5.97 Å². The summed E-state index contributed by atoms with van der Waals surface area (Å²) in [5.41, 5.74) is 3.47. The molecule has 15 nitrogen and oxygen atoms in total. The van der Waals surface area contributed by atoms with Crippen LogP contribution in [0.5, 0.6) is 11.5 Å². The molecule has 0 saturated heterocycles. The summed E-state index contributed by atoms with van der Waals surface area (Å²) in [6, 6.07) is 30.4. The molecular weight excluding hydrogens is 836 g/mol. The van der Waals surface area contributed by atoms with Gasteiger partial charge < -0.3 is 45.5 Å². The van der Waals surface area contributed by atoms with Crippen molar-refractivity contribution in [1.82, 2.24) is 19.9 Å². The highest BCUT2D eigenvalue weighted by Crippen LogP contribution is 2.47. The minimum absolute atomic E-state index is 0.0305. The van der Waals surface area contributed by atoms with Gasteiger partial charge in [-0.15, -0.1) is 0 Å². The monoisotopic (exact) mass is 880 g/mol. The fourth-order valence-corrected chi connectivity index (χ4v) is 7.71. The number of aromatic amines is 1. The van der Waals surface area contributed by atoms with Crippen molar-refractivity contribution in [2.24, 2.45) is 0 Å². The van der Waals surface area contributed by atoms with Crippen molar-refractivity contribution in [2.45, 2.75) is 33.1 Å². The second kappa shape index (κ2) is 18.2. The van der Waals surface area contributed by atoms with Crippen LogP contribution in [0.25, 0.3) is 22.0 Å². The van der Waals surface area contributed by atoms with Gasteiger partial charge in [0.25, 0.3) is 5.56 Å². The number of para-hydroxylation sites is 1. The van der Waals surface area contributed by atoms with Crippen LogP contribution in [0.15, 0.2) is 108 Å². The summed E-state index contributed by atoms with van der Waals surface area (Å²) in [4.78, 5) is 60.5. The molecule has 0 fully saturated rings. The Bertz CT molecular complexity index is 2960. The summed E-state index contributed by atoms with van der Waals surface area (Å²) >= 11 is 6.44. The van der Waals surface area contributed by atoms with Crippen molar-refractivity contribution in [3.05, 3.63) is 141 Å². The molecule has 5 aromatic carbocycles. The summed E-state index contributed by atoms with van der Waals surface area (Å²) in [6.07, 6.45) is 0. The van der Waals surface area contributed by atoms with Crippen molar-refractivity contribution in [3.63, 3.8) is 0 Å². The molecule has 1 aliphatic rings. The maximum atomic E-state index is 14.7. The van der Waals surface area contributed by atoms with Crippen LogP contribution in [-0.2, 0) is 10.2 Å². The smallest absolute Gasteiger partial charge is 0.344 e. The zero-order valence-electron chi connectivity index (χ0n) is 35.5. The number of fused-ring (bicyclic) bond motifs is 2. The molecule has 6 N–H and O–H groups in total. The Morgan fingerprint density at radius 1 is 0.766 bits per heavy atom. The van der Waals surface area contributed by atoms with E-state index in [0.29, 0.717) is 50.0 Å². The number of halogens is 1. The highest BCUT2D eigenvalue weighted by Gasteiger charge is 2.35. The first kappa shape index (κ1) is 43.3. The number of ether oxygens (including phenoxy) is 2. The molecule has 0 bridgehead atoms. The van der Waals surface area contributed by atoms with E-state index in [9.17, 15) is 24.6 Å². The minimum atomic E-state index is -0.823.